The molecule has 150 valence electrons. The van der Waals surface area contributed by atoms with E-state index in [4.69, 9.17) is 0 Å². The zero-order valence-electron chi connectivity index (χ0n) is 16.2. The fourth-order valence-corrected chi connectivity index (χ4v) is 3.38. The number of carbonyl (C=O) groups is 3. The van der Waals surface area contributed by atoms with Crippen molar-refractivity contribution in [1.29, 1.82) is 0 Å². The molecule has 1 fully saturated rings. The Labute approximate surface area is 174 Å². The van der Waals surface area contributed by atoms with Gasteiger partial charge in [0.25, 0.3) is 11.8 Å². The number of carbonyl (C=O) groups excluding carboxylic acids is 3. The van der Waals surface area contributed by atoms with E-state index in [2.05, 4.69) is 10.6 Å². The molecule has 1 heterocycles. The Bertz CT molecular complexity index is 1050. The number of rotatable bonds is 6. The molecule has 0 unspecified atom stereocenters. The Balaban J connectivity index is 1.38. The molecule has 1 aliphatic rings. The maximum Gasteiger partial charge on any atom is 0.325 e. The minimum absolute atomic E-state index is 0.163. The van der Waals surface area contributed by atoms with Gasteiger partial charge in [0, 0.05) is 17.7 Å². The molecule has 1 aliphatic heterocycles. The highest BCUT2D eigenvalue weighted by atomic mass is 16.2. The van der Waals surface area contributed by atoms with E-state index in [-0.39, 0.29) is 18.4 Å². The average Bonchev–Trinajstić information content (AvgIpc) is 3.03. The Morgan fingerprint density at radius 2 is 1.47 bits per heavy atom. The van der Waals surface area contributed by atoms with Gasteiger partial charge in [0.15, 0.2) is 0 Å². The van der Waals surface area contributed by atoms with Crippen molar-refractivity contribution in [2.45, 2.75) is 19.0 Å². The topological polar surface area (TPSA) is 78.5 Å². The molecule has 4 amide bonds. The van der Waals surface area contributed by atoms with Crippen LogP contribution in [0.15, 0.2) is 84.9 Å². The predicted octanol–water partition coefficient (Wildman–Crippen LogP) is 3.60. The number of para-hydroxylation sites is 1. The molecule has 0 aromatic heterocycles. The van der Waals surface area contributed by atoms with Crippen molar-refractivity contribution in [3.63, 3.8) is 0 Å². The van der Waals surface area contributed by atoms with Gasteiger partial charge in [-0.3, -0.25) is 14.5 Å². The molecule has 6 nitrogen and oxygen atoms in total. The first-order valence-electron chi connectivity index (χ1n) is 9.71. The number of hydrogen-bond donors (Lipinski definition) is 2. The van der Waals surface area contributed by atoms with Gasteiger partial charge in [0.2, 0.25) is 0 Å². The minimum Gasteiger partial charge on any atom is -0.325 e. The lowest BCUT2D eigenvalue weighted by molar-refractivity contribution is -0.127. The summed E-state index contributed by atoms with van der Waals surface area (Å²) in [5, 5.41) is 5.58. The molecule has 2 N–H and O–H groups in total. The van der Waals surface area contributed by atoms with Gasteiger partial charge in [-0.1, -0.05) is 60.7 Å². The van der Waals surface area contributed by atoms with Crippen LogP contribution in [0.4, 0.5) is 10.5 Å². The third-order valence-corrected chi connectivity index (χ3v) is 4.98. The molecule has 0 aliphatic carbocycles. The zero-order valence-corrected chi connectivity index (χ0v) is 16.2. The quantitative estimate of drug-likeness (QED) is 0.622. The smallest absolute Gasteiger partial charge is 0.325 e. The van der Waals surface area contributed by atoms with Crippen molar-refractivity contribution >= 4 is 23.5 Å². The molecular formula is C24H21N3O3. The van der Waals surface area contributed by atoms with Gasteiger partial charge in [-0.15, -0.1) is 0 Å². The summed E-state index contributed by atoms with van der Waals surface area (Å²) in [5.41, 5.74) is 2.99. The average molecular weight is 399 g/mol. The first-order chi connectivity index (χ1) is 14.6. The lowest BCUT2D eigenvalue weighted by Crippen LogP contribution is -2.32. The van der Waals surface area contributed by atoms with Crippen LogP contribution in [0.2, 0.25) is 0 Å². The summed E-state index contributed by atoms with van der Waals surface area (Å²) in [6, 6.07) is 24.7. The van der Waals surface area contributed by atoms with Gasteiger partial charge < -0.3 is 10.6 Å². The first kappa shape index (κ1) is 19.4. The number of imide groups is 1. The van der Waals surface area contributed by atoms with Gasteiger partial charge in [-0.05, 0) is 35.4 Å². The van der Waals surface area contributed by atoms with Crippen LogP contribution in [0.25, 0.3) is 0 Å². The number of amides is 4. The zero-order chi connectivity index (χ0) is 20.9. The standard InChI is InChI=1S/C24H21N3O3/c28-22(25-20-9-5-2-6-10-20)19-13-11-18(12-14-19)16-27-23(29)21(26-24(27)30)15-17-7-3-1-4-8-17/h1-14,21H,15-16H2,(H,25,28)(H,26,30)/t21-/m0/s1. The lowest BCUT2D eigenvalue weighted by atomic mass is 10.1. The van der Waals surface area contributed by atoms with E-state index in [0.717, 1.165) is 16.8 Å². The van der Waals surface area contributed by atoms with Crippen LogP contribution in [-0.2, 0) is 17.8 Å². The van der Waals surface area contributed by atoms with Gasteiger partial charge in [0.1, 0.15) is 6.04 Å². The number of benzene rings is 3. The monoisotopic (exact) mass is 399 g/mol. The van der Waals surface area contributed by atoms with E-state index >= 15 is 0 Å². The maximum atomic E-state index is 12.7. The van der Waals surface area contributed by atoms with E-state index in [1.54, 1.807) is 24.3 Å². The molecule has 0 radical (unpaired) electrons. The Kier molecular flexibility index (Phi) is 5.57. The molecule has 1 atom stereocenters. The highest BCUT2D eigenvalue weighted by Gasteiger charge is 2.37. The van der Waals surface area contributed by atoms with Crippen molar-refractivity contribution in [2.24, 2.45) is 0 Å². The Morgan fingerprint density at radius 3 is 2.13 bits per heavy atom. The van der Waals surface area contributed by atoms with Crippen LogP contribution in [0.5, 0.6) is 0 Å². The number of anilines is 1. The Hall–Kier alpha value is -3.93. The lowest BCUT2D eigenvalue weighted by Gasteiger charge is -2.13. The SMILES string of the molecule is O=C(Nc1ccccc1)c1ccc(CN2C(=O)N[C@@H](Cc3ccccc3)C2=O)cc1. The van der Waals surface area contributed by atoms with Crippen molar-refractivity contribution in [1.82, 2.24) is 10.2 Å². The summed E-state index contributed by atoms with van der Waals surface area (Å²) < 4.78 is 0. The molecule has 6 heteroatoms. The summed E-state index contributed by atoms with van der Waals surface area (Å²) >= 11 is 0. The first-order valence-corrected chi connectivity index (χ1v) is 9.71. The van der Waals surface area contributed by atoms with E-state index in [1.807, 2.05) is 60.7 Å². The fraction of sp³-hybridized carbons (Fsp3) is 0.125. The largest absolute Gasteiger partial charge is 0.325 e. The number of nitrogens with zero attached hydrogens (tertiary/aromatic N) is 1. The van der Waals surface area contributed by atoms with Crippen molar-refractivity contribution in [2.75, 3.05) is 5.32 Å². The Morgan fingerprint density at radius 1 is 0.833 bits per heavy atom. The summed E-state index contributed by atoms with van der Waals surface area (Å²) in [4.78, 5) is 38.5. The molecule has 3 aromatic rings. The number of urea groups is 1. The maximum absolute atomic E-state index is 12.7. The van der Waals surface area contributed by atoms with Gasteiger partial charge >= 0.3 is 6.03 Å². The predicted molar refractivity (Wildman–Crippen MR) is 114 cm³/mol. The second kappa shape index (κ2) is 8.61. The highest BCUT2D eigenvalue weighted by Crippen LogP contribution is 2.16. The summed E-state index contributed by atoms with van der Waals surface area (Å²) in [5.74, 6) is -0.458. The van der Waals surface area contributed by atoms with Gasteiger partial charge in [-0.2, -0.15) is 0 Å². The third kappa shape index (κ3) is 4.38. The molecule has 1 saturated heterocycles. The van der Waals surface area contributed by atoms with Crippen LogP contribution in [-0.4, -0.2) is 28.8 Å². The van der Waals surface area contributed by atoms with Gasteiger partial charge in [-0.25, -0.2) is 4.79 Å². The van der Waals surface area contributed by atoms with Gasteiger partial charge in [0.05, 0.1) is 6.54 Å². The van der Waals surface area contributed by atoms with E-state index in [0.29, 0.717) is 12.0 Å². The fourth-order valence-electron chi connectivity index (χ4n) is 3.38. The molecule has 4 rings (SSSR count). The van der Waals surface area contributed by atoms with E-state index in [1.165, 1.54) is 4.90 Å². The molecule has 0 spiro atoms. The third-order valence-electron chi connectivity index (χ3n) is 4.98. The van der Waals surface area contributed by atoms with Crippen molar-refractivity contribution < 1.29 is 14.4 Å². The number of nitrogens with one attached hydrogen (secondary N) is 2. The molecule has 3 aromatic carbocycles. The van der Waals surface area contributed by atoms with E-state index in [9.17, 15) is 14.4 Å². The molecule has 30 heavy (non-hydrogen) atoms. The second-order valence-corrected chi connectivity index (χ2v) is 7.13. The summed E-state index contributed by atoms with van der Waals surface area (Å²) in [6.45, 7) is 0.163. The van der Waals surface area contributed by atoms with Crippen LogP contribution in [0.3, 0.4) is 0 Å². The normalized spacial score (nSPS) is 15.7. The minimum atomic E-state index is -0.559. The van der Waals surface area contributed by atoms with Crippen LogP contribution in [0, 0.1) is 0 Å². The molecule has 0 bridgehead atoms. The highest BCUT2D eigenvalue weighted by molar-refractivity contribution is 6.05. The van der Waals surface area contributed by atoms with Crippen LogP contribution >= 0.6 is 0 Å². The number of hydrogen-bond acceptors (Lipinski definition) is 3. The van der Waals surface area contributed by atoms with Crippen molar-refractivity contribution in [3.05, 3.63) is 102 Å². The summed E-state index contributed by atoms with van der Waals surface area (Å²) in [6.07, 6.45) is 0.459. The second-order valence-electron chi connectivity index (χ2n) is 7.13. The molecule has 0 saturated carbocycles. The van der Waals surface area contributed by atoms with Crippen LogP contribution < -0.4 is 10.6 Å². The molecular weight excluding hydrogens is 378 g/mol. The van der Waals surface area contributed by atoms with Crippen LogP contribution in [0.1, 0.15) is 21.5 Å². The summed E-state index contributed by atoms with van der Waals surface area (Å²) in [7, 11) is 0. The van der Waals surface area contributed by atoms with Crippen molar-refractivity contribution in [3.8, 4) is 0 Å². The van der Waals surface area contributed by atoms with E-state index < -0.39 is 12.1 Å².